The van der Waals surface area contributed by atoms with Crippen molar-refractivity contribution in [1.29, 1.82) is 0 Å². The van der Waals surface area contributed by atoms with Gasteiger partial charge in [-0.25, -0.2) is 0 Å². The summed E-state index contributed by atoms with van der Waals surface area (Å²) in [5, 5.41) is 3.57. The summed E-state index contributed by atoms with van der Waals surface area (Å²) in [7, 11) is 0. The van der Waals surface area contributed by atoms with Crippen LogP contribution in [0.25, 0.3) is 0 Å². The summed E-state index contributed by atoms with van der Waals surface area (Å²) < 4.78 is 5.47. The van der Waals surface area contributed by atoms with E-state index in [2.05, 4.69) is 43.4 Å². The van der Waals surface area contributed by atoms with Crippen LogP contribution in [0.5, 0.6) is 0 Å². The fourth-order valence-corrected chi connectivity index (χ4v) is 3.40. The van der Waals surface area contributed by atoms with Crippen LogP contribution in [0.4, 0.5) is 0 Å². The minimum absolute atomic E-state index is 0.427. The number of likely N-dealkylation sites (N-methyl/N-ethyl adjacent to an activating group) is 1. The van der Waals surface area contributed by atoms with Crippen LogP contribution in [0.15, 0.2) is 41.0 Å². The van der Waals surface area contributed by atoms with Crippen molar-refractivity contribution >= 4 is 11.8 Å². The van der Waals surface area contributed by atoms with Crippen molar-refractivity contribution in [3.8, 4) is 0 Å². The van der Waals surface area contributed by atoms with Crippen molar-refractivity contribution in [3.05, 3.63) is 41.7 Å². The molecule has 0 bridgehead atoms. The number of ether oxygens (including phenoxy) is 1. The minimum Gasteiger partial charge on any atom is -0.501 e. The van der Waals surface area contributed by atoms with Crippen molar-refractivity contribution in [3.63, 3.8) is 0 Å². The van der Waals surface area contributed by atoms with Gasteiger partial charge in [-0.05, 0) is 44.0 Å². The first-order valence-electron chi connectivity index (χ1n) is 7.03. The highest BCUT2D eigenvalue weighted by atomic mass is 32.2. The molecule has 104 valence electrons. The van der Waals surface area contributed by atoms with Gasteiger partial charge in [-0.3, -0.25) is 0 Å². The predicted octanol–water partition coefficient (Wildman–Crippen LogP) is 3.76. The second kappa shape index (κ2) is 7.61. The van der Waals surface area contributed by atoms with Gasteiger partial charge >= 0.3 is 0 Å². The molecule has 1 aromatic rings. The fourth-order valence-electron chi connectivity index (χ4n) is 2.27. The van der Waals surface area contributed by atoms with Crippen molar-refractivity contribution in [2.45, 2.75) is 37.6 Å². The smallest absolute Gasteiger partial charge is 0.0876 e. The van der Waals surface area contributed by atoms with Crippen LogP contribution >= 0.6 is 11.8 Å². The molecule has 19 heavy (non-hydrogen) atoms. The molecule has 1 unspecified atom stereocenters. The fraction of sp³-hybridized carbons (Fsp3) is 0.500. The van der Waals surface area contributed by atoms with Gasteiger partial charge in [0.25, 0.3) is 0 Å². The quantitative estimate of drug-likeness (QED) is 0.800. The molecule has 1 aliphatic rings. The number of hydrogen-bond acceptors (Lipinski definition) is 3. The molecule has 1 atom stereocenters. The van der Waals surface area contributed by atoms with Gasteiger partial charge < -0.3 is 10.1 Å². The van der Waals surface area contributed by atoms with Crippen LogP contribution in [0.2, 0.25) is 0 Å². The number of hydrogen-bond donors (Lipinski definition) is 1. The van der Waals surface area contributed by atoms with Crippen LogP contribution in [0, 0.1) is 6.92 Å². The second-order valence-electron chi connectivity index (χ2n) is 4.90. The maximum absolute atomic E-state index is 5.47. The summed E-state index contributed by atoms with van der Waals surface area (Å²) >= 11 is 1.92. The third kappa shape index (κ3) is 4.59. The van der Waals surface area contributed by atoms with Crippen molar-refractivity contribution < 1.29 is 4.74 Å². The van der Waals surface area contributed by atoms with Crippen LogP contribution in [0.3, 0.4) is 0 Å². The van der Waals surface area contributed by atoms with E-state index < -0.39 is 0 Å². The first-order valence-corrected chi connectivity index (χ1v) is 8.01. The Morgan fingerprint density at radius 1 is 1.42 bits per heavy atom. The van der Waals surface area contributed by atoms with E-state index in [4.69, 9.17) is 4.74 Å². The average Bonchev–Trinajstić information content (AvgIpc) is 2.44. The molecular formula is C16H23NOS. The Morgan fingerprint density at radius 2 is 2.32 bits per heavy atom. The summed E-state index contributed by atoms with van der Waals surface area (Å²) in [6, 6.07) is 9.13. The number of rotatable bonds is 6. The Morgan fingerprint density at radius 3 is 3.00 bits per heavy atom. The first-order chi connectivity index (χ1) is 9.29. The number of benzene rings is 1. The molecule has 1 N–H and O–H groups in total. The lowest BCUT2D eigenvalue weighted by molar-refractivity contribution is 0.220. The molecule has 0 amide bonds. The van der Waals surface area contributed by atoms with Crippen molar-refractivity contribution in [2.24, 2.45) is 0 Å². The van der Waals surface area contributed by atoms with E-state index in [9.17, 15) is 0 Å². The Balaban J connectivity index is 1.95. The number of aryl methyl sites for hydroxylation is 1. The predicted molar refractivity (Wildman–Crippen MR) is 82.6 cm³/mol. The zero-order valence-electron chi connectivity index (χ0n) is 11.8. The Kier molecular flexibility index (Phi) is 5.80. The van der Waals surface area contributed by atoms with E-state index in [0.29, 0.717) is 6.04 Å². The van der Waals surface area contributed by atoms with Gasteiger partial charge in [-0.2, -0.15) is 0 Å². The standard InChI is InChI=1S/C16H23NOS/c1-3-17-16(14-7-5-9-18-11-14)12-19-15-8-4-6-13(2)10-15/h4,6,8,10-11,16-17H,3,5,7,9,12H2,1-2H3. The highest BCUT2D eigenvalue weighted by Gasteiger charge is 2.16. The van der Waals surface area contributed by atoms with Gasteiger partial charge in [0.2, 0.25) is 0 Å². The molecule has 3 heteroatoms. The lowest BCUT2D eigenvalue weighted by Gasteiger charge is -2.23. The van der Waals surface area contributed by atoms with E-state index in [-0.39, 0.29) is 0 Å². The maximum atomic E-state index is 5.47. The largest absolute Gasteiger partial charge is 0.501 e. The summed E-state index contributed by atoms with van der Waals surface area (Å²) in [6.07, 6.45) is 4.27. The summed E-state index contributed by atoms with van der Waals surface area (Å²) in [5.41, 5.74) is 2.73. The average molecular weight is 277 g/mol. The Hall–Kier alpha value is -0.930. The first kappa shape index (κ1) is 14.5. The lowest BCUT2D eigenvalue weighted by atomic mass is 10.0. The third-order valence-electron chi connectivity index (χ3n) is 3.27. The molecule has 1 aliphatic heterocycles. The van der Waals surface area contributed by atoms with Gasteiger partial charge in [0.1, 0.15) is 0 Å². The molecule has 0 saturated carbocycles. The highest BCUT2D eigenvalue weighted by Crippen LogP contribution is 2.24. The van der Waals surface area contributed by atoms with Crippen molar-refractivity contribution in [2.75, 3.05) is 18.9 Å². The molecular weight excluding hydrogens is 254 g/mol. The van der Waals surface area contributed by atoms with E-state index in [1.54, 1.807) is 0 Å². The molecule has 0 radical (unpaired) electrons. The summed E-state index contributed by atoms with van der Waals surface area (Å²) in [6.45, 7) is 6.17. The Labute approximate surface area is 120 Å². The minimum atomic E-state index is 0.427. The van der Waals surface area contributed by atoms with Crippen LogP contribution in [-0.2, 0) is 4.74 Å². The lowest BCUT2D eigenvalue weighted by Crippen LogP contribution is -2.34. The monoisotopic (exact) mass is 277 g/mol. The molecule has 0 aliphatic carbocycles. The van der Waals surface area contributed by atoms with Crippen molar-refractivity contribution in [1.82, 2.24) is 5.32 Å². The molecule has 0 saturated heterocycles. The van der Waals surface area contributed by atoms with E-state index >= 15 is 0 Å². The normalized spacial score (nSPS) is 16.6. The van der Waals surface area contributed by atoms with E-state index in [1.807, 2.05) is 18.0 Å². The Bertz CT molecular complexity index is 431. The molecule has 1 heterocycles. The number of thioether (sulfide) groups is 1. The zero-order chi connectivity index (χ0) is 13.5. The zero-order valence-corrected chi connectivity index (χ0v) is 12.6. The molecule has 0 spiro atoms. The van der Waals surface area contributed by atoms with Crippen LogP contribution < -0.4 is 5.32 Å². The van der Waals surface area contributed by atoms with E-state index in [0.717, 1.165) is 31.7 Å². The molecule has 2 nitrogen and oxygen atoms in total. The maximum Gasteiger partial charge on any atom is 0.0876 e. The molecule has 0 aromatic heterocycles. The molecule has 0 fully saturated rings. The SMILES string of the molecule is CCNC(CSc1cccc(C)c1)C1=COCCC1. The van der Waals surface area contributed by atoms with E-state index in [1.165, 1.54) is 16.0 Å². The molecule has 1 aromatic carbocycles. The summed E-state index contributed by atoms with van der Waals surface area (Å²) in [4.78, 5) is 1.35. The van der Waals surface area contributed by atoms with Gasteiger partial charge in [-0.1, -0.05) is 24.6 Å². The summed E-state index contributed by atoms with van der Waals surface area (Å²) in [5.74, 6) is 1.06. The van der Waals surface area contributed by atoms with Gasteiger partial charge in [0, 0.05) is 16.7 Å². The third-order valence-corrected chi connectivity index (χ3v) is 4.35. The van der Waals surface area contributed by atoms with Crippen LogP contribution in [0.1, 0.15) is 25.3 Å². The van der Waals surface area contributed by atoms with Gasteiger partial charge in [-0.15, -0.1) is 11.8 Å². The topological polar surface area (TPSA) is 21.3 Å². The van der Waals surface area contributed by atoms with Gasteiger partial charge in [0.05, 0.1) is 12.9 Å². The highest BCUT2D eigenvalue weighted by molar-refractivity contribution is 7.99. The number of nitrogens with one attached hydrogen (secondary N) is 1. The van der Waals surface area contributed by atoms with Crippen LogP contribution in [-0.4, -0.2) is 24.9 Å². The van der Waals surface area contributed by atoms with Gasteiger partial charge in [0.15, 0.2) is 0 Å². The second-order valence-corrected chi connectivity index (χ2v) is 6.00. The molecule has 2 rings (SSSR count).